The number of hydrogen-bond acceptors (Lipinski definition) is 6. The van der Waals surface area contributed by atoms with Crippen molar-refractivity contribution >= 4 is 42.5 Å². The molecule has 0 spiro atoms. The third-order valence-corrected chi connectivity index (χ3v) is 10.5. The van der Waals surface area contributed by atoms with E-state index in [1.54, 1.807) is 31.2 Å². The van der Waals surface area contributed by atoms with Crippen molar-refractivity contribution in [3.8, 4) is 0 Å². The van der Waals surface area contributed by atoms with Crippen molar-refractivity contribution in [3.63, 3.8) is 0 Å². The summed E-state index contributed by atoms with van der Waals surface area (Å²) >= 11 is 0. The molecule has 2 aliphatic heterocycles. The van der Waals surface area contributed by atoms with E-state index in [2.05, 4.69) is 17.6 Å². The molecule has 3 aromatic carbocycles. The van der Waals surface area contributed by atoms with Crippen LogP contribution in [-0.4, -0.2) is 57.6 Å². The van der Waals surface area contributed by atoms with Crippen LogP contribution in [0, 0.1) is 0 Å². The van der Waals surface area contributed by atoms with Crippen LogP contribution in [0.2, 0.25) is 0 Å². The van der Waals surface area contributed by atoms with Crippen molar-refractivity contribution in [2.45, 2.75) is 96.3 Å². The minimum atomic E-state index is -4.21. The van der Waals surface area contributed by atoms with Crippen LogP contribution < -0.4 is 21.3 Å². The molecule has 0 saturated heterocycles. The van der Waals surface area contributed by atoms with Crippen LogP contribution in [0.5, 0.6) is 0 Å². The second kappa shape index (κ2) is 16.8. The molecule has 0 saturated carbocycles. The first-order chi connectivity index (χ1) is 24.7. The van der Waals surface area contributed by atoms with Gasteiger partial charge in [-0.05, 0) is 78.5 Å². The first kappa shape index (κ1) is 38.6. The minimum absolute atomic E-state index is 0.0418. The molecule has 0 bridgehead atoms. The highest BCUT2D eigenvalue weighted by atomic mass is 31.2. The average Bonchev–Trinajstić information content (AvgIpc) is 3.44. The Labute approximate surface area is 304 Å². The van der Waals surface area contributed by atoms with Gasteiger partial charge < -0.3 is 30.9 Å². The van der Waals surface area contributed by atoms with Crippen molar-refractivity contribution in [1.82, 2.24) is 10.6 Å². The molecule has 2 heterocycles. The lowest BCUT2D eigenvalue weighted by Crippen LogP contribution is -2.56. The number of aryl methyl sites for hydroxylation is 2. The second-order valence-electron chi connectivity index (χ2n) is 13.6. The fourth-order valence-electron chi connectivity index (χ4n) is 6.79. The van der Waals surface area contributed by atoms with Gasteiger partial charge in [0.25, 0.3) is 0 Å². The number of rotatable bonds is 15. The van der Waals surface area contributed by atoms with Crippen LogP contribution >= 0.6 is 7.60 Å². The minimum Gasteiger partial charge on any atom is -0.372 e. The number of primary amides is 1. The topological polar surface area (TPSA) is 188 Å². The molecule has 2 aliphatic rings. The zero-order valence-corrected chi connectivity index (χ0v) is 30.6. The molecule has 0 radical (unpaired) electrons. The summed E-state index contributed by atoms with van der Waals surface area (Å²) in [5.74, 6) is -1.76. The maximum absolute atomic E-state index is 14.2. The van der Waals surface area contributed by atoms with Gasteiger partial charge >= 0.3 is 7.60 Å². The number of nitrogens with one attached hydrogen (secondary N) is 2. The molecular formula is C39H47N4O8P. The van der Waals surface area contributed by atoms with Crippen LogP contribution in [0.15, 0.2) is 72.8 Å². The van der Waals surface area contributed by atoms with Crippen LogP contribution in [0.1, 0.15) is 73.4 Å². The molecule has 52 heavy (non-hydrogen) atoms. The van der Waals surface area contributed by atoms with Crippen LogP contribution in [0.25, 0.3) is 5.57 Å². The number of para-hydroxylation sites is 1. The van der Waals surface area contributed by atoms with Gasteiger partial charge in [-0.25, -0.2) is 0 Å². The predicted molar refractivity (Wildman–Crippen MR) is 198 cm³/mol. The Balaban J connectivity index is 1.30. The number of ether oxygens (including phenoxy) is 1. The van der Waals surface area contributed by atoms with Gasteiger partial charge in [-0.2, -0.15) is 0 Å². The molecule has 0 fully saturated rings. The first-order valence-corrected chi connectivity index (χ1v) is 19.4. The van der Waals surface area contributed by atoms with Gasteiger partial charge in [0, 0.05) is 18.9 Å². The van der Waals surface area contributed by atoms with Crippen LogP contribution in [0.3, 0.4) is 0 Å². The molecule has 4 atom stereocenters. The van der Waals surface area contributed by atoms with E-state index in [1.165, 1.54) is 16.5 Å². The first-order valence-electron chi connectivity index (χ1n) is 17.6. The number of carbonyl (C=O) groups is 4. The van der Waals surface area contributed by atoms with E-state index < -0.39 is 55.5 Å². The van der Waals surface area contributed by atoms with E-state index in [1.807, 2.05) is 49.4 Å². The van der Waals surface area contributed by atoms with E-state index in [-0.39, 0.29) is 19.0 Å². The number of benzene rings is 3. The van der Waals surface area contributed by atoms with E-state index in [9.17, 15) is 33.5 Å². The quantitative estimate of drug-likeness (QED) is 0.114. The van der Waals surface area contributed by atoms with Crippen molar-refractivity contribution in [2.75, 3.05) is 4.90 Å². The maximum atomic E-state index is 14.2. The number of amides is 4. The Kier molecular flexibility index (Phi) is 12.5. The molecule has 6 N–H and O–H groups in total. The zero-order valence-electron chi connectivity index (χ0n) is 29.7. The van der Waals surface area contributed by atoms with Gasteiger partial charge in [0.1, 0.15) is 12.1 Å². The molecule has 4 amide bonds. The monoisotopic (exact) mass is 730 g/mol. The van der Waals surface area contributed by atoms with Gasteiger partial charge in [-0.1, -0.05) is 73.7 Å². The molecule has 3 aromatic rings. The van der Waals surface area contributed by atoms with Crippen molar-refractivity contribution in [2.24, 2.45) is 5.73 Å². The number of hydrogen-bond donors (Lipinski definition) is 5. The van der Waals surface area contributed by atoms with E-state index >= 15 is 0 Å². The fraction of sp³-hybridized carbons (Fsp3) is 0.385. The fourth-order valence-corrected chi connectivity index (χ4v) is 7.48. The van der Waals surface area contributed by atoms with Crippen LogP contribution in [0.4, 0.5) is 5.69 Å². The SMILES string of the molecule is CCc1ccc(CO[C@H](C)[C@H](CCC(N)=O)NC(=O)C2Cc3cccc4c3N2C(=O)[C@@H](NC(=O)/C=C(\C)c2ccc(CP(=O)(O)O)cc2)CC4)cc1. The Bertz CT molecular complexity index is 1870. The van der Waals surface area contributed by atoms with Gasteiger partial charge in [0.05, 0.1) is 30.6 Å². The van der Waals surface area contributed by atoms with Gasteiger partial charge in [-0.15, -0.1) is 0 Å². The molecule has 5 rings (SSSR count). The Morgan fingerprint density at radius 3 is 2.33 bits per heavy atom. The zero-order chi connectivity index (χ0) is 37.6. The lowest BCUT2D eigenvalue weighted by atomic mass is 10.0. The predicted octanol–water partition coefficient (Wildman–Crippen LogP) is 4.07. The van der Waals surface area contributed by atoms with E-state index in [0.717, 1.165) is 23.1 Å². The highest BCUT2D eigenvalue weighted by Gasteiger charge is 2.44. The summed E-state index contributed by atoms with van der Waals surface area (Å²) in [5.41, 5.74) is 11.9. The summed E-state index contributed by atoms with van der Waals surface area (Å²) in [6.45, 7) is 5.97. The van der Waals surface area contributed by atoms with E-state index in [0.29, 0.717) is 48.3 Å². The molecule has 1 unspecified atom stereocenters. The molecule has 12 nitrogen and oxygen atoms in total. The highest BCUT2D eigenvalue weighted by Crippen LogP contribution is 2.40. The molecule has 0 aliphatic carbocycles. The molecular weight excluding hydrogens is 683 g/mol. The molecule has 0 aromatic heterocycles. The Morgan fingerprint density at radius 2 is 1.67 bits per heavy atom. The standard InChI is InChI=1S/C39H47N4O8P/c1-4-26-8-10-27(11-9-26)22-51-25(3)32(18-19-35(40)44)42-38(46)34-21-31-7-5-6-30-16-17-33(39(47)43(34)37(30)31)41-36(45)20-24(2)29-14-12-28(13-15-29)23-52(48,49)50/h5-15,20,25,32-34H,4,16-19,21-23H2,1-3H3,(H2,40,44)(H,41,45)(H,42,46)(H2,48,49,50)/b24-20+/t25-,32+,33+,34?/m1/s1. The third-order valence-electron chi connectivity index (χ3n) is 9.71. The van der Waals surface area contributed by atoms with Gasteiger partial charge in [-0.3, -0.25) is 28.6 Å². The number of allylic oxidation sites excluding steroid dienone is 1. The summed E-state index contributed by atoms with van der Waals surface area (Å²) < 4.78 is 17.5. The average molecular weight is 731 g/mol. The lowest BCUT2D eigenvalue weighted by molar-refractivity contribution is -0.129. The van der Waals surface area contributed by atoms with Crippen molar-refractivity contribution in [3.05, 3.63) is 106 Å². The lowest BCUT2D eigenvalue weighted by Gasteiger charge is -2.31. The maximum Gasteiger partial charge on any atom is 0.329 e. The summed E-state index contributed by atoms with van der Waals surface area (Å²) in [4.78, 5) is 73.4. The molecule has 13 heteroatoms. The van der Waals surface area contributed by atoms with Gasteiger partial charge in [0.15, 0.2) is 0 Å². The summed E-state index contributed by atoms with van der Waals surface area (Å²) in [6.07, 6.45) is 2.89. The van der Waals surface area contributed by atoms with Crippen molar-refractivity contribution < 1.29 is 38.3 Å². The number of anilines is 1. The Hall–Kier alpha value is -4.61. The highest BCUT2D eigenvalue weighted by molar-refractivity contribution is 7.50. The number of nitrogens with zero attached hydrogens (tertiary/aromatic N) is 1. The smallest absolute Gasteiger partial charge is 0.329 e. The summed E-state index contributed by atoms with van der Waals surface area (Å²) in [6, 6.07) is 18.1. The molecule has 276 valence electrons. The second-order valence-corrected chi connectivity index (χ2v) is 15.3. The number of carbonyl (C=O) groups excluding carboxylic acids is 4. The van der Waals surface area contributed by atoms with E-state index in [4.69, 9.17) is 10.5 Å². The number of nitrogens with two attached hydrogens (primary N) is 1. The summed E-state index contributed by atoms with van der Waals surface area (Å²) in [5, 5.41) is 5.91. The largest absolute Gasteiger partial charge is 0.372 e. The normalized spacial score (nSPS) is 18.3. The summed E-state index contributed by atoms with van der Waals surface area (Å²) in [7, 11) is -4.21. The van der Waals surface area contributed by atoms with Crippen LogP contribution in [-0.2, 0) is 60.5 Å². The Morgan fingerprint density at radius 1 is 1.02 bits per heavy atom. The third kappa shape index (κ3) is 9.83. The van der Waals surface area contributed by atoms with Gasteiger partial charge in [0.2, 0.25) is 23.6 Å². The van der Waals surface area contributed by atoms with Crippen molar-refractivity contribution in [1.29, 1.82) is 0 Å².